The highest BCUT2D eigenvalue weighted by Gasteiger charge is 2.28. The molecule has 1 aromatic heterocycles. The van der Waals surface area contributed by atoms with Gasteiger partial charge in [-0.1, -0.05) is 0 Å². The lowest BCUT2D eigenvalue weighted by Gasteiger charge is -2.21. The van der Waals surface area contributed by atoms with Gasteiger partial charge in [-0.15, -0.1) is 0 Å². The molecular weight excluding hydrogens is 314 g/mol. The molecule has 104 valence electrons. The molecule has 0 spiro atoms. The molecule has 1 aliphatic carbocycles. The highest BCUT2D eigenvalue weighted by Crippen LogP contribution is 2.33. The Morgan fingerprint density at radius 3 is 2.95 bits per heavy atom. The molecule has 0 radical (unpaired) electrons. The highest BCUT2D eigenvalue weighted by atomic mass is 79.9. The smallest absolute Gasteiger partial charge is 0.291 e. The molecule has 2 atom stereocenters. The van der Waals surface area contributed by atoms with Crippen molar-refractivity contribution in [2.45, 2.75) is 38.3 Å². The zero-order valence-electron chi connectivity index (χ0n) is 10.9. The van der Waals surface area contributed by atoms with Crippen molar-refractivity contribution in [3.63, 3.8) is 0 Å². The Morgan fingerprint density at radius 2 is 2.32 bits per heavy atom. The molecule has 1 fully saturated rings. The van der Waals surface area contributed by atoms with Crippen LogP contribution in [0.5, 0.6) is 0 Å². The molecule has 0 amide bonds. The van der Waals surface area contributed by atoms with Crippen LogP contribution in [-0.4, -0.2) is 29.2 Å². The number of hydrogen-bond acceptors (Lipinski definition) is 5. The van der Waals surface area contributed by atoms with E-state index in [4.69, 9.17) is 4.74 Å². The first-order chi connectivity index (χ1) is 9.04. The Labute approximate surface area is 119 Å². The monoisotopic (exact) mass is 329 g/mol. The van der Waals surface area contributed by atoms with Gasteiger partial charge in [-0.2, -0.15) is 0 Å². The van der Waals surface area contributed by atoms with Crippen molar-refractivity contribution in [3.05, 3.63) is 26.3 Å². The minimum atomic E-state index is -0.426. The Balaban J connectivity index is 2.22. The third-order valence-electron chi connectivity index (χ3n) is 3.51. The van der Waals surface area contributed by atoms with Crippen LogP contribution in [0.4, 0.5) is 11.5 Å². The lowest BCUT2D eigenvalue weighted by atomic mass is 10.2. The Morgan fingerprint density at radius 1 is 1.58 bits per heavy atom. The molecule has 1 N–H and O–H groups in total. The number of anilines is 1. The number of nitrogens with zero attached hydrogens (tertiary/aromatic N) is 2. The molecule has 19 heavy (non-hydrogen) atoms. The van der Waals surface area contributed by atoms with Gasteiger partial charge in [0.15, 0.2) is 0 Å². The van der Waals surface area contributed by atoms with E-state index in [0.29, 0.717) is 15.9 Å². The van der Waals surface area contributed by atoms with Crippen molar-refractivity contribution in [2.75, 3.05) is 12.4 Å². The lowest BCUT2D eigenvalue weighted by molar-refractivity contribution is -0.385. The maximum Gasteiger partial charge on any atom is 0.291 e. The van der Waals surface area contributed by atoms with Crippen molar-refractivity contribution in [3.8, 4) is 0 Å². The third-order valence-corrected chi connectivity index (χ3v) is 4.48. The number of aromatic nitrogens is 1. The average Bonchev–Trinajstić information content (AvgIpc) is 2.82. The largest absolute Gasteiger partial charge is 0.379 e. The van der Waals surface area contributed by atoms with Crippen LogP contribution >= 0.6 is 15.9 Å². The fourth-order valence-electron chi connectivity index (χ4n) is 2.40. The van der Waals surface area contributed by atoms with E-state index < -0.39 is 4.92 Å². The zero-order chi connectivity index (χ0) is 14.0. The van der Waals surface area contributed by atoms with Gasteiger partial charge >= 0.3 is 0 Å². The van der Waals surface area contributed by atoms with Gasteiger partial charge in [0.2, 0.25) is 0 Å². The van der Waals surface area contributed by atoms with Crippen LogP contribution in [0.15, 0.2) is 10.7 Å². The summed E-state index contributed by atoms with van der Waals surface area (Å²) in [4.78, 5) is 14.5. The van der Waals surface area contributed by atoms with E-state index in [0.717, 1.165) is 19.3 Å². The number of nitro groups is 1. The maximum absolute atomic E-state index is 10.8. The third kappa shape index (κ3) is 2.87. The molecule has 2 rings (SSSR count). The standard InChI is InChI=1S/C12H16BrN3O3/c1-7-9(16(17)18)6-14-12(11(7)13)15-8-4-3-5-10(8)19-2/h6,8,10H,3-5H2,1-2H3,(H,14,15). The van der Waals surface area contributed by atoms with Crippen molar-refractivity contribution < 1.29 is 9.66 Å². The van der Waals surface area contributed by atoms with Crippen LogP contribution in [0.2, 0.25) is 0 Å². The summed E-state index contributed by atoms with van der Waals surface area (Å²) in [6.07, 6.45) is 4.61. The maximum atomic E-state index is 10.8. The van der Waals surface area contributed by atoms with Gasteiger partial charge in [-0.25, -0.2) is 4.98 Å². The van der Waals surface area contributed by atoms with Gasteiger partial charge in [0.25, 0.3) is 5.69 Å². The molecule has 1 heterocycles. The quantitative estimate of drug-likeness (QED) is 0.678. The summed E-state index contributed by atoms with van der Waals surface area (Å²) in [6.45, 7) is 1.71. The summed E-state index contributed by atoms with van der Waals surface area (Å²) in [5.74, 6) is 0.636. The molecular formula is C12H16BrN3O3. The zero-order valence-corrected chi connectivity index (χ0v) is 12.4. The Bertz CT molecular complexity index is 495. The van der Waals surface area contributed by atoms with E-state index >= 15 is 0 Å². The first-order valence-electron chi connectivity index (χ1n) is 6.13. The van der Waals surface area contributed by atoms with Crippen molar-refractivity contribution in [2.24, 2.45) is 0 Å². The number of methoxy groups -OCH3 is 1. The number of rotatable bonds is 4. The molecule has 1 aliphatic rings. The summed E-state index contributed by atoms with van der Waals surface area (Å²) in [6, 6.07) is 0.203. The van der Waals surface area contributed by atoms with Gasteiger partial charge in [-0.3, -0.25) is 10.1 Å². The predicted molar refractivity (Wildman–Crippen MR) is 75.4 cm³/mol. The second kappa shape index (κ2) is 5.83. The summed E-state index contributed by atoms with van der Waals surface area (Å²) in [7, 11) is 1.70. The normalized spacial score (nSPS) is 22.5. The minimum Gasteiger partial charge on any atom is -0.379 e. The SMILES string of the molecule is COC1CCCC1Nc1ncc([N+](=O)[O-])c(C)c1Br. The molecule has 2 unspecified atom stereocenters. The fraction of sp³-hybridized carbons (Fsp3) is 0.583. The predicted octanol–water partition coefficient (Wildman–Crippen LogP) is 3.04. The topological polar surface area (TPSA) is 77.3 Å². The molecule has 1 saturated carbocycles. The minimum absolute atomic E-state index is 0.0205. The number of halogens is 1. The fourth-order valence-corrected chi connectivity index (χ4v) is 2.82. The summed E-state index contributed by atoms with van der Waals surface area (Å²) in [5, 5.41) is 14.1. The van der Waals surface area contributed by atoms with Gasteiger partial charge in [-0.05, 0) is 42.1 Å². The van der Waals surface area contributed by atoms with Crippen LogP contribution in [0, 0.1) is 17.0 Å². The number of ether oxygens (including phenoxy) is 1. The van der Waals surface area contributed by atoms with Gasteiger partial charge in [0.05, 0.1) is 21.5 Å². The Kier molecular flexibility index (Phi) is 4.36. The Hall–Kier alpha value is -1.21. The second-order valence-corrected chi connectivity index (χ2v) is 5.44. The molecule has 6 nitrogen and oxygen atoms in total. The van der Waals surface area contributed by atoms with Crippen LogP contribution in [-0.2, 0) is 4.74 Å². The second-order valence-electron chi connectivity index (χ2n) is 4.64. The number of nitrogens with one attached hydrogen (secondary N) is 1. The van der Waals surface area contributed by atoms with Crippen LogP contribution in [0.1, 0.15) is 24.8 Å². The summed E-state index contributed by atoms with van der Waals surface area (Å²) < 4.78 is 6.06. The molecule has 0 saturated heterocycles. The molecule has 0 bridgehead atoms. The van der Waals surface area contributed by atoms with E-state index in [1.165, 1.54) is 6.20 Å². The van der Waals surface area contributed by atoms with Crippen molar-refractivity contribution in [1.82, 2.24) is 4.98 Å². The van der Waals surface area contributed by atoms with E-state index in [-0.39, 0.29) is 17.8 Å². The van der Waals surface area contributed by atoms with Gasteiger partial charge in [0.1, 0.15) is 12.0 Å². The summed E-state index contributed by atoms with van der Waals surface area (Å²) >= 11 is 3.38. The molecule has 0 aliphatic heterocycles. The summed E-state index contributed by atoms with van der Waals surface area (Å²) in [5.41, 5.74) is 0.599. The van der Waals surface area contributed by atoms with Crippen LogP contribution in [0.25, 0.3) is 0 Å². The lowest BCUT2D eigenvalue weighted by Crippen LogP contribution is -2.30. The molecule has 0 aromatic carbocycles. The number of hydrogen-bond donors (Lipinski definition) is 1. The first kappa shape index (κ1) is 14.2. The van der Waals surface area contributed by atoms with Crippen LogP contribution in [0.3, 0.4) is 0 Å². The van der Waals surface area contributed by atoms with Gasteiger partial charge in [0, 0.05) is 12.7 Å². The van der Waals surface area contributed by atoms with E-state index in [1.807, 2.05) is 0 Å². The first-order valence-corrected chi connectivity index (χ1v) is 6.92. The molecule has 7 heteroatoms. The van der Waals surface area contributed by atoms with Crippen molar-refractivity contribution >= 4 is 27.4 Å². The van der Waals surface area contributed by atoms with Crippen LogP contribution < -0.4 is 5.32 Å². The van der Waals surface area contributed by atoms with E-state index in [9.17, 15) is 10.1 Å². The van der Waals surface area contributed by atoms with E-state index in [1.54, 1.807) is 14.0 Å². The highest BCUT2D eigenvalue weighted by molar-refractivity contribution is 9.10. The van der Waals surface area contributed by atoms with E-state index in [2.05, 4.69) is 26.2 Å². The average molecular weight is 330 g/mol. The number of pyridine rings is 1. The van der Waals surface area contributed by atoms with Crippen molar-refractivity contribution in [1.29, 1.82) is 0 Å². The van der Waals surface area contributed by atoms with Gasteiger partial charge < -0.3 is 10.1 Å². The molecule has 1 aromatic rings.